The number of unbranched alkanes of at least 4 members (excludes halogenated alkanes) is 3. The molecule has 0 saturated carbocycles. The molecular formula is C20H32N2O2. The highest BCUT2D eigenvalue weighted by atomic mass is 16.2. The highest BCUT2D eigenvalue weighted by Gasteiger charge is 2.14. The Morgan fingerprint density at radius 2 is 1.50 bits per heavy atom. The molecule has 1 rings (SSSR count). The smallest absolute Gasteiger partial charge is 0.253 e. The highest BCUT2D eigenvalue weighted by Crippen LogP contribution is 2.13. The van der Waals surface area contributed by atoms with Gasteiger partial charge in [0.25, 0.3) is 5.91 Å². The number of carbonyl (C=O) groups excluding carboxylic acids is 2. The first-order chi connectivity index (χ1) is 11.6. The molecule has 0 aliphatic heterocycles. The van der Waals surface area contributed by atoms with Crippen molar-refractivity contribution >= 4 is 17.5 Å². The zero-order valence-corrected chi connectivity index (χ0v) is 15.4. The van der Waals surface area contributed by atoms with Crippen molar-refractivity contribution in [2.45, 2.75) is 65.7 Å². The van der Waals surface area contributed by atoms with E-state index in [-0.39, 0.29) is 11.8 Å². The number of benzene rings is 1. The van der Waals surface area contributed by atoms with Gasteiger partial charge < -0.3 is 10.2 Å². The fourth-order valence-corrected chi connectivity index (χ4v) is 2.67. The SMILES string of the molecule is CCCCCCC(=O)Nc1ccc(C(=O)N(CCC)CCC)cc1. The average Bonchev–Trinajstić information content (AvgIpc) is 2.58. The van der Waals surface area contributed by atoms with Gasteiger partial charge in [-0.05, 0) is 43.5 Å². The van der Waals surface area contributed by atoms with Crippen LogP contribution in [0.5, 0.6) is 0 Å². The van der Waals surface area contributed by atoms with Gasteiger partial charge in [-0.25, -0.2) is 0 Å². The lowest BCUT2D eigenvalue weighted by molar-refractivity contribution is -0.116. The molecule has 24 heavy (non-hydrogen) atoms. The number of carbonyl (C=O) groups is 2. The highest BCUT2D eigenvalue weighted by molar-refractivity contribution is 5.95. The summed E-state index contributed by atoms with van der Waals surface area (Å²) >= 11 is 0. The molecule has 1 aromatic rings. The third-order valence-electron chi connectivity index (χ3n) is 3.95. The minimum absolute atomic E-state index is 0.0452. The zero-order valence-electron chi connectivity index (χ0n) is 15.4. The summed E-state index contributed by atoms with van der Waals surface area (Å²) in [6.45, 7) is 7.88. The van der Waals surface area contributed by atoms with Crippen LogP contribution < -0.4 is 5.32 Å². The molecule has 0 atom stereocenters. The third-order valence-corrected chi connectivity index (χ3v) is 3.95. The van der Waals surface area contributed by atoms with Crippen molar-refractivity contribution < 1.29 is 9.59 Å². The molecule has 0 aliphatic carbocycles. The lowest BCUT2D eigenvalue weighted by Gasteiger charge is -2.21. The molecule has 0 aromatic heterocycles. The van der Waals surface area contributed by atoms with E-state index in [1.54, 1.807) is 12.1 Å². The second-order valence-corrected chi connectivity index (χ2v) is 6.23. The van der Waals surface area contributed by atoms with Gasteiger partial charge in [0.1, 0.15) is 0 Å². The van der Waals surface area contributed by atoms with Crippen LogP contribution in [0.3, 0.4) is 0 Å². The van der Waals surface area contributed by atoms with Crippen LogP contribution in [0.15, 0.2) is 24.3 Å². The zero-order chi connectivity index (χ0) is 17.8. The topological polar surface area (TPSA) is 49.4 Å². The number of anilines is 1. The minimum Gasteiger partial charge on any atom is -0.339 e. The Balaban J connectivity index is 2.55. The Morgan fingerprint density at radius 1 is 0.875 bits per heavy atom. The van der Waals surface area contributed by atoms with E-state index in [1.807, 2.05) is 17.0 Å². The van der Waals surface area contributed by atoms with E-state index in [9.17, 15) is 9.59 Å². The number of hydrogen-bond donors (Lipinski definition) is 1. The first kappa shape index (κ1) is 20.2. The number of hydrogen-bond acceptors (Lipinski definition) is 2. The predicted molar refractivity (Wildman–Crippen MR) is 100 cm³/mol. The molecule has 1 N–H and O–H groups in total. The summed E-state index contributed by atoms with van der Waals surface area (Å²) in [4.78, 5) is 26.3. The fourth-order valence-electron chi connectivity index (χ4n) is 2.67. The lowest BCUT2D eigenvalue weighted by Crippen LogP contribution is -2.32. The molecule has 0 radical (unpaired) electrons. The van der Waals surface area contributed by atoms with Crippen LogP contribution in [0.1, 0.15) is 76.1 Å². The monoisotopic (exact) mass is 332 g/mol. The van der Waals surface area contributed by atoms with Gasteiger partial charge in [0.2, 0.25) is 5.91 Å². The van der Waals surface area contributed by atoms with Gasteiger partial charge in [-0.15, -0.1) is 0 Å². The minimum atomic E-state index is 0.0452. The molecule has 0 saturated heterocycles. The fraction of sp³-hybridized carbons (Fsp3) is 0.600. The van der Waals surface area contributed by atoms with Crippen LogP contribution in [0, 0.1) is 0 Å². The molecule has 0 aliphatic rings. The molecule has 0 bridgehead atoms. The Morgan fingerprint density at radius 3 is 2.04 bits per heavy atom. The van der Waals surface area contributed by atoms with Gasteiger partial charge in [0.15, 0.2) is 0 Å². The van der Waals surface area contributed by atoms with Crippen molar-refractivity contribution in [1.29, 1.82) is 0 Å². The second kappa shape index (κ2) is 11.7. The number of nitrogens with zero attached hydrogens (tertiary/aromatic N) is 1. The maximum Gasteiger partial charge on any atom is 0.253 e. The first-order valence-corrected chi connectivity index (χ1v) is 9.31. The van der Waals surface area contributed by atoms with Gasteiger partial charge >= 0.3 is 0 Å². The van der Waals surface area contributed by atoms with Crippen LogP contribution in [-0.4, -0.2) is 29.8 Å². The van der Waals surface area contributed by atoms with Gasteiger partial charge in [-0.2, -0.15) is 0 Å². The van der Waals surface area contributed by atoms with Crippen molar-refractivity contribution in [3.63, 3.8) is 0 Å². The maximum absolute atomic E-state index is 12.5. The van der Waals surface area contributed by atoms with Crippen molar-refractivity contribution in [1.82, 2.24) is 4.90 Å². The number of rotatable bonds is 11. The second-order valence-electron chi connectivity index (χ2n) is 6.23. The van der Waals surface area contributed by atoms with Crippen molar-refractivity contribution in [3.8, 4) is 0 Å². The molecular weight excluding hydrogens is 300 g/mol. The largest absolute Gasteiger partial charge is 0.339 e. The summed E-state index contributed by atoms with van der Waals surface area (Å²) in [7, 11) is 0. The van der Waals surface area contributed by atoms with Crippen molar-refractivity contribution in [2.75, 3.05) is 18.4 Å². The summed E-state index contributed by atoms with van der Waals surface area (Å²) in [5.74, 6) is 0.111. The van der Waals surface area contributed by atoms with E-state index in [1.165, 1.54) is 12.8 Å². The van der Waals surface area contributed by atoms with Gasteiger partial charge in [-0.3, -0.25) is 9.59 Å². The van der Waals surface area contributed by atoms with Gasteiger partial charge in [0, 0.05) is 30.8 Å². The standard InChI is InChI=1S/C20H32N2O2/c1-4-7-8-9-10-19(23)21-18-13-11-17(12-14-18)20(24)22(15-5-2)16-6-3/h11-14H,4-10,15-16H2,1-3H3,(H,21,23). The molecule has 0 heterocycles. The van der Waals surface area contributed by atoms with Crippen LogP contribution in [-0.2, 0) is 4.79 Å². The Kier molecular flexibility index (Phi) is 9.81. The molecule has 0 unspecified atom stereocenters. The summed E-state index contributed by atoms with van der Waals surface area (Å²) in [6, 6.07) is 7.22. The first-order valence-electron chi connectivity index (χ1n) is 9.31. The Labute approximate surface area is 146 Å². The molecule has 1 aromatic carbocycles. The molecule has 0 fully saturated rings. The van der Waals surface area contributed by atoms with Crippen LogP contribution in [0.4, 0.5) is 5.69 Å². The van der Waals surface area contributed by atoms with Crippen molar-refractivity contribution in [3.05, 3.63) is 29.8 Å². The molecule has 4 nitrogen and oxygen atoms in total. The summed E-state index contributed by atoms with van der Waals surface area (Å²) in [6.07, 6.45) is 6.85. The van der Waals surface area contributed by atoms with Crippen LogP contribution >= 0.6 is 0 Å². The summed E-state index contributed by atoms with van der Waals surface area (Å²) < 4.78 is 0. The quantitative estimate of drug-likeness (QED) is 0.588. The van der Waals surface area contributed by atoms with Gasteiger partial charge in [0.05, 0.1) is 0 Å². The molecule has 4 heteroatoms. The average molecular weight is 332 g/mol. The lowest BCUT2D eigenvalue weighted by atomic mass is 10.1. The van der Waals surface area contributed by atoms with Crippen LogP contribution in [0.2, 0.25) is 0 Å². The van der Waals surface area contributed by atoms with E-state index >= 15 is 0 Å². The maximum atomic E-state index is 12.5. The normalized spacial score (nSPS) is 10.5. The van der Waals surface area contributed by atoms with Gasteiger partial charge in [-0.1, -0.05) is 40.0 Å². The van der Waals surface area contributed by atoms with E-state index in [0.29, 0.717) is 12.0 Å². The Bertz CT molecular complexity index is 491. The number of nitrogens with one attached hydrogen (secondary N) is 1. The Hall–Kier alpha value is -1.84. The molecule has 0 spiro atoms. The summed E-state index contributed by atoms with van der Waals surface area (Å²) in [5, 5.41) is 2.90. The van der Waals surface area contributed by atoms with Crippen LogP contribution in [0.25, 0.3) is 0 Å². The summed E-state index contributed by atoms with van der Waals surface area (Å²) in [5.41, 5.74) is 1.43. The molecule has 134 valence electrons. The van der Waals surface area contributed by atoms with E-state index < -0.39 is 0 Å². The van der Waals surface area contributed by atoms with E-state index in [4.69, 9.17) is 0 Å². The third kappa shape index (κ3) is 7.16. The van der Waals surface area contributed by atoms with E-state index in [2.05, 4.69) is 26.1 Å². The van der Waals surface area contributed by atoms with Crippen molar-refractivity contribution in [2.24, 2.45) is 0 Å². The predicted octanol–water partition coefficient (Wildman–Crippen LogP) is 4.86. The number of amides is 2. The molecule has 2 amide bonds. The van der Waals surface area contributed by atoms with E-state index in [0.717, 1.165) is 44.5 Å².